The van der Waals surface area contributed by atoms with Crippen molar-refractivity contribution in [3.05, 3.63) is 39.9 Å². The number of nitrogens with zero attached hydrogens (tertiary/aromatic N) is 1. The van der Waals surface area contributed by atoms with Crippen LogP contribution in [0.4, 0.5) is 32.0 Å². The third-order valence-electron chi connectivity index (χ3n) is 4.39. The summed E-state index contributed by atoms with van der Waals surface area (Å²) in [5.41, 5.74) is -6.36. The molecule has 1 atom stereocenters. The molecule has 0 radical (unpaired) electrons. The number of rotatable bonds is 4. The van der Waals surface area contributed by atoms with Crippen molar-refractivity contribution in [1.29, 1.82) is 0 Å². The Morgan fingerprint density at radius 2 is 1.90 bits per heavy atom. The second kappa shape index (κ2) is 8.35. The summed E-state index contributed by atoms with van der Waals surface area (Å²) in [6.45, 7) is 2.07. The molecule has 0 amide bonds. The number of allylic oxidation sites excluding steroid dienone is 1. The molecular formula is C17H19ClF6N2O2S. The maximum absolute atomic E-state index is 13.1. The van der Waals surface area contributed by atoms with Gasteiger partial charge in [0.1, 0.15) is 0 Å². The third-order valence-corrected chi connectivity index (χ3v) is 6.36. The predicted octanol–water partition coefficient (Wildman–Crippen LogP) is 5.55. The Labute approximate surface area is 169 Å². The van der Waals surface area contributed by atoms with E-state index in [0.29, 0.717) is 12.5 Å². The standard InChI is InChI=1S/C17H19ClF6N2O2S/c1-3-4-10(2)7-11-8-26(29(27,28)17(22,23)24)9-12-14(25-11)6-5-13(15(12)18)16(19,20)21/h5-7,11,25H,3-4,8-9H2,1-2H3/b10-7+. The smallest absolute Gasteiger partial charge is 0.377 e. The highest BCUT2D eigenvalue weighted by molar-refractivity contribution is 7.89. The average Bonchev–Trinajstić information content (AvgIpc) is 2.73. The van der Waals surface area contributed by atoms with Gasteiger partial charge in [-0.1, -0.05) is 36.6 Å². The molecule has 1 N–H and O–H groups in total. The lowest BCUT2D eigenvalue weighted by Gasteiger charge is -2.24. The van der Waals surface area contributed by atoms with Crippen molar-refractivity contribution in [1.82, 2.24) is 4.31 Å². The van der Waals surface area contributed by atoms with Crippen LogP contribution in [0.15, 0.2) is 23.8 Å². The Bertz CT molecular complexity index is 896. The van der Waals surface area contributed by atoms with E-state index in [1.165, 1.54) is 0 Å². The molecule has 0 aromatic heterocycles. The molecule has 0 aliphatic carbocycles. The minimum atomic E-state index is -5.79. The van der Waals surface area contributed by atoms with Crippen LogP contribution in [0.2, 0.25) is 5.02 Å². The Balaban J connectivity index is 2.62. The van der Waals surface area contributed by atoms with Crippen LogP contribution < -0.4 is 5.32 Å². The molecule has 2 rings (SSSR count). The van der Waals surface area contributed by atoms with Crippen LogP contribution in [0.1, 0.15) is 37.8 Å². The van der Waals surface area contributed by atoms with Gasteiger partial charge in [-0.05, 0) is 25.5 Å². The van der Waals surface area contributed by atoms with Gasteiger partial charge in [-0.15, -0.1) is 0 Å². The summed E-state index contributed by atoms with van der Waals surface area (Å²) in [4.78, 5) is 0. The molecule has 1 unspecified atom stereocenters. The molecule has 29 heavy (non-hydrogen) atoms. The Hall–Kier alpha value is -1.46. The SMILES string of the molecule is CCC/C(C)=C/C1CN(S(=O)(=O)C(F)(F)F)Cc2c(ccc(C(F)(F)F)c2Cl)N1. The van der Waals surface area contributed by atoms with Crippen molar-refractivity contribution in [2.75, 3.05) is 11.9 Å². The number of benzene rings is 1. The van der Waals surface area contributed by atoms with Gasteiger partial charge in [0.25, 0.3) is 0 Å². The summed E-state index contributed by atoms with van der Waals surface area (Å²) in [7, 11) is -5.79. The van der Waals surface area contributed by atoms with E-state index in [9.17, 15) is 34.8 Å². The minimum absolute atomic E-state index is 0.0495. The fraction of sp³-hybridized carbons (Fsp3) is 0.529. The number of fused-ring (bicyclic) bond motifs is 1. The summed E-state index contributed by atoms with van der Waals surface area (Å²) in [6.07, 6.45) is -1.88. The van der Waals surface area contributed by atoms with Gasteiger partial charge in [0, 0.05) is 24.3 Å². The van der Waals surface area contributed by atoms with E-state index in [-0.39, 0.29) is 15.6 Å². The van der Waals surface area contributed by atoms with Gasteiger partial charge in [-0.2, -0.15) is 30.6 Å². The van der Waals surface area contributed by atoms with Gasteiger partial charge >= 0.3 is 21.7 Å². The zero-order valence-corrected chi connectivity index (χ0v) is 17.0. The first-order valence-electron chi connectivity index (χ1n) is 8.57. The van der Waals surface area contributed by atoms with Crippen LogP contribution in [0.25, 0.3) is 0 Å². The fourth-order valence-electron chi connectivity index (χ4n) is 3.08. The number of halogens is 7. The monoisotopic (exact) mass is 464 g/mol. The Morgan fingerprint density at radius 3 is 2.41 bits per heavy atom. The molecule has 0 spiro atoms. The van der Waals surface area contributed by atoms with E-state index in [1.807, 2.05) is 6.92 Å². The van der Waals surface area contributed by atoms with E-state index >= 15 is 0 Å². The first-order chi connectivity index (χ1) is 13.2. The molecule has 1 aliphatic heterocycles. The van der Waals surface area contributed by atoms with Crippen LogP contribution in [-0.2, 0) is 22.7 Å². The lowest BCUT2D eigenvalue weighted by atomic mass is 10.1. The molecule has 0 saturated carbocycles. The normalized spacial score (nSPS) is 19.5. The predicted molar refractivity (Wildman–Crippen MR) is 97.9 cm³/mol. The number of anilines is 1. The lowest BCUT2D eigenvalue weighted by molar-refractivity contribution is -0.137. The molecule has 1 aromatic rings. The fourth-order valence-corrected chi connectivity index (χ4v) is 4.36. The second-order valence-electron chi connectivity index (χ2n) is 6.71. The van der Waals surface area contributed by atoms with Crippen molar-refractivity contribution in [3.8, 4) is 0 Å². The molecule has 0 saturated heterocycles. The van der Waals surface area contributed by atoms with Crippen molar-refractivity contribution < 1.29 is 34.8 Å². The van der Waals surface area contributed by atoms with E-state index in [1.54, 1.807) is 13.0 Å². The number of alkyl halides is 6. The van der Waals surface area contributed by atoms with Crippen LogP contribution in [-0.4, -0.2) is 30.8 Å². The first kappa shape index (κ1) is 23.8. The summed E-state index contributed by atoms with van der Waals surface area (Å²) >= 11 is 5.84. The van der Waals surface area contributed by atoms with Crippen molar-refractivity contribution in [3.63, 3.8) is 0 Å². The maximum Gasteiger partial charge on any atom is 0.511 e. The van der Waals surface area contributed by atoms with E-state index in [4.69, 9.17) is 11.6 Å². The van der Waals surface area contributed by atoms with E-state index in [2.05, 4.69) is 5.32 Å². The van der Waals surface area contributed by atoms with Crippen molar-refractivity contribution in [2.45, 2.75) is 51.0 Å². The van der Waals surface area contributed by atoms with Crippen molar-refractivity contribution in [2.24, 2.45) is 0 Å². The molecule has 1 aliphatic rings. The molecule has 4 nitrogen and oxygen atoms in total. The van der Waals surface area contributed by atoms with Gasteiger partial charge in [0.2, 0.25) is 0 Å². The number of nitrogens with one attached hydrogen (secondary N) is 1. The lowest BCUT2D eigenvalue weighted by Crippen LogP contribution is -2.43. The van der Waals surface area contributed by atoms with Crippen LogP contribution >= 0.6 is 11.6 Å². The third kappa shape index (κ3) is 5.18. The summed E-state index contributed by atoms with van der Waals surface area (Å²) in [5, 5.41) is 1.99. The quantitative estimate of drug-likeness (QED) is 0.469. The second-order valence-corrected chi connectivity index (χ2v) is 9.02. The van der Waals surface area contributed by atoms with E-state index in [0.717, 1.165) is 18.1 Å². The number of hydrogen-bond donors (Lipinski definition) is 1. The van der Waals surface area contributed by atoms with Gasteiger partial charge in [0.15, 0.2) is 0 Å². The molecule has 164 valence electrons. The molecular weight excluding hydrogens is 446 g/mol. The topological polar surface area (TPSA) is 49.4 Å². The molecule has 0 bridgehead atoms. The minimum Gasteiger partial charge on any atom is -0.377 e. The van der Waals surface area contributed by atoms with Gasteiger partial charge in [0.05, 0.1) is 16.6 Å². The van der Waals surface area contributed by atoms with Gasteiger partial charge in [-0.25, -0.2) is 8.42 Å². The molecule has 1 heterocycles. The Kier molecular flexibility index (Phi) is 6.86. The molecule has 12 heteroatoms. The van der Waals surface area contributed by atoms with Crippen LogP contribution in [0, 0.1) is 0 Å². The highest BCUT2D eigenvalue weighted by Gasteiger charge is 2.51. The van der Waals surface area contributed by atoms with Crippen LogP contribution in [0.3, 0.4) is 0 Å². The number of hydrogen-bond acceptors (Lipinski definition) is 3. The highest BCUT2D eigenvalue weighted by atomic mass is 35.5. The number of sulfonamides is 1. The molecule has 0 fully saturated rings. The highest BCUT2D eigenvalue weighted by Crippen LogP contribution is 2.41. The summed E-state index contributed by atoms with van der Waals surface area (Å²) < 4.78 is 103. The maximum atomic E-state index is 13.1. The van der Waals surface area contributed by atoms with Crippen molar-refractivity contribution >= 4 is 27.3 Å². The summed E-state index contributed by atoms with van der Waals surface area (Å²) in [5.74, 6) is 0. The van der Waals surface area contributed by atoms with Gasteiger partial charge < -0.3 is 5.32 Å². The Morgan fingerprint density at radius 1 is 1.28 bits per heavy atom. The zero-order chi connectivity index (χ0) is 22.2. The van der Waals surface area contributed by atoms with E-state index < -0.39 is 51.4 Å². The van der Waals surface area contributed by atoms with Crippen LogP contribution in [0.5, 0.6) is 0 Å². The summed E-state index contributed by atoms with van der Waals surface area (Å²) in [6, 6.07) is 0.874. The van der Waals surface area contributed by atoms with Gasteiger partial charge in [-0.3, -0.25) is 0 Å². The average molecular weight is 465 g/mol. The largest absolute Gasteiger partial charge is 0.511 e. The zero-order valence-electron chi connectivity index (χ0n) is 15.5. The first-order valence-corrected chi connectivity index (χ1v) is 10.4. The molecule has 1 aromatic carbocycles.